The molecule has 2 rings (SSSR count). The Balaban J connectivity index is 2.21. The van der Waals surface area contributed by atoms with Crippen molar-refractivity contribution in [2.45, 2.75) is 17.9 Å². The molecule has 0 aliphatic carbocycles. The van der Waals surface area contributed by atoms with Gasteiger partial charge < -0.3 is 4.74 Å². The van der Waals surface area contributed by atoms with Gasteiger partial charge in [-0.1, -0.05) is 47.5 Å². The monoisotopic (exact) mass is 373 g/mol. The van der Waals surface area contributed by atoms with Gasteiger partial charge in [-0.25, -0.2) is 13.1 Å². The van der Waals surface area contributed by atoms with Crippen LogP contribution in [0, 0.1) is 6.92 Å². The van der Waals surface area contributed by atoms with E-state index in [0.717, 1.165) is 5.56 Å². The largest absolute Gasteiger partial charge is 0.375 e. The van der Waals surface area contributed by atoms with Gasteiger partial charge in [0.25, 0.3) is 0 Å². The number of hydrogen-bond donors (Lipinski definition) is 1. The highest BCUT2D eigenvalue weighted by atomic mass is 35.5. The zero-order valence-corrected chi connectivity index (χ0v) is 15.0. The molecule has 7 heteroatoms. The van der Waals surface area contributed by atoms with E-state index in [2.05, 4.69) is 4.72 Å². The van der Waals surface area contributed by atoms with Gasteiger partial charge in [-0.05, 0) is 30.7 Å². The van der Waals surface area contributed by atoms with Crippen molar-refractivity contribution in [1.82, 2.24) is 4.72 Å². The van der Waals surface area contributed by atoms with Crippen molar-refractivity contribution in [2.75, 3.05) is 13.7 Å². The quantitative estimate of drug-likeness (QED) is 0.833. The number of sulfonamides is 1. The van der Waals surface area contributed by atoms with Crippen LogP contribution in [-0.2, 0) is 14.8 Å². The molecule has 0 saturated carbocycles. The number of nitrogens with one attached hydrogen (secondary N) is 1. The van der Waals surface area contributed by atoms with Gasteiger partial charge in [0.2, 0.25) is 10.0 Å². The molecule has 0 aliphatic heterocycles. The smallest absolute Gasteiger partial charge is 0.240 e. The molecule has 4 nitrogen and oxygen atoms in total. The number of rotatable bonds is 6. The Hall–Kier alpha value is -1.11. The summed E-state index contributed by atoms with van der Waals surface area (Å²) in [6.45, 7) is 1.78. The summed E-state index contributed by atoms with van der Waals surface area (Å²) in [5, 5.41) is 0.892. The summed E-state index contributed by atoms with van der Waals surface area (Å²) in [6.07, 6.45) is -0.488. The first-order chi connectivity index (χ1) is 10.8. The topological polar surface area (TPSA) is 55.4 Å². The average Bonchev–Trinajstić information content (AvgIpc) is 2.51. The van der Waals surface area contributed by atoms with Crippen molar-refractivity contribution in [3.8, 4) is 0 Å². The van der Waals surface area contributed by atoms with E-state index in [4.69, 9.17) is 27.9 Å². The van der Waals surface area contributed by atoms with Gasteiger partial charge in [0.05, 0.1) is 11.0 Å². The van der Waals surface area contributed by atoms with Crippen molar-refractivity contribution in [3.05, 3.63) is 63.6 Å². The fourth-order valence-electron chi connectivity index (χ4n) is 2.18. The molecule has 0 bridgehead atoms. The first-order valence-corrected chi connectivity index (χ1v) is 9.12. The van der Waals surface area contributed by atoms with E-state index in [1.165, 1.54) is 13.2 Å². The van der Waals surface area contributed by atoms with Crippen molar-refractivity contribution in [3.63, 3.8) is 0 Å². The highest BCUT2D eigenvalue weighted by Crippen LogP contribution is 2.25. The highest BCUT2D eigenvalue weighted by Gasteiger charge is 2.21. The third-order valence-electron chi connectivity index (χ3n) is 3.44. The van der Waals surface area contributed by atoms with E-state index in [-0.39, 0.29) is 11.4 Å². The summed E-state index contributed by atoms with van der Waals surface area (Å²) in [7, 11) is -2.19. The lowest BCUT2D eigenvalue weighted by Gasteiger charge is -2.18. The van der Waals surface area contributed by atoms with Gasteiger partial charge in [-0.3, -0.25) is 0 Å². The van der Waals surface area contributed by atoms with E-state index in [1.54, 1.807) is 37.3 Å². The standard InChI is InChI=1S/C16H17Cl2NO3S/c1-11-7-8-12(17)9-16(11)23(20,21)19-10-15(22-2)13-5-3-4-6-14(13)18/h3-9,15,19H,10H2,1-2H3. The number of halogens is 2. The van der Waals surface area contributed by atoms with Crippen molar-refractivity contribution in [2.24, 2.45) is 0 Å². The van der Waals surface area contributed by atoms with E-state index < -0.39 is 16.1 Å². The number of benzene rings is 2. The van der Waals surface area contributed by atoms with E-state index in [9.17, 15) is 8.42 Å². The summed E-state index contributed by atoms with van der Waals surface area (Å²) in [6, 6.07) is 11.9. The van der Waals surface area contributed by atoms with E-state index in [1.807, 2.05) is 6.07 Å². The molecule has 0 aliphatic rings. The molecule has 1 unspecified atom stereocenters. The molecule has 0 radical (unpaired) electrons. The SMILES string of the molecule is COC(CNS(=O)(=O)c1cc(Cl)ccc1C)c1ccccc1Cl. The molecule has 0 spiro atoms. The lowest BCUT2D eigenvalue weighted by Crippen LogP contribution is -2.29. The van der Waals surface area contributed by atoms with Crippen LogP contribution in [0.4, 0.5) is 0 Å². The summed E-state index contributed by atoms with van der Waals surface area (Å²) in [4.78, 5) is 0.152. The van der Waals surface area contributed by atoms with E-state index in [0.29, 0.717) is 15.6 Å². The Kier molecular flexibility index (Phi) is 6.06. The maximum Gasteiger partial charge on any atom is 0.240 e. The van der Waals surface area contributed by atoms with Crippen LogP contribution in [0.1, 0.15) is 17.2 Å². The molecule has 0 heterocycles. The third kappa shape index (κ3) is 4.46. The molecule has 1 atom stereocenters. The molecule has 23 heavy (non-hydrogen) atoms. The molecule has 124 valence electrons. The van der Waals surface area contributed by atoms with Gasteiger partial charge in [0.1, 0.15) is 0 Å². The van der Waals surface area contributed by atoms with Crippen molar-refractivity contribution < 1.29 is 13.2 Å². The third-order valence-corrected chi connectivity index (χ3v) is 5.58. The molecule has 0 fully saturated rings. The van der Waals surface area contributed by atoms with Crippen LogP contribution in [0.3, 0.4) is 0 Å². The number of aryl methyl sites for hydroxylation is 1. The molecule has 0 amide bonds. The van der Waals surface area contributed by atoms with Gasteiger partial charge in [-0.2, -0.15) is 0 Å². The molecule has 0 aromatic heterocycles. The number of ether oxygens (including phenoxy) is 1. The van der Waals surface area contributed by atoms with Crippen molar-refractivity contribution >= 4 is 33.2 Å². The van der Waals surface area contributed by atoms with Crippen LogP contribution in [0.2, 0.25) is 10.0 Å². The van der Waals surface area contributed by atoms with Crippen molar-refractivity contribution in [1.29, 1.82) is 0 Å². The number of methoxy groups -OCH3 is 1. The van der Waals surface area contributed by atoms with Crippen LogP contribution in [0.25, 0.3) is 0 Å². The van der Waals surface area contributed by atoms with Crippen LogP contribution in [-0.4, -0.2) is 22.1 Å². The second-order valence-corrected chi connectivity index (χ2v) is 7.59. The van der Waals surface area contributed by atoms with Crippen LogP contribution < -0.4 is 4.72 Å². The Morgan fingerprint density at radius 2 is 1.87 bits per heavy atom. The fourth-order valence-corrected chi connectivity index (χ4v) is 3.98. The maximum absolute atomic E-state index is 12.5. The Labute approximate surface area is 146 Å². The van der Waals surface area contributed by atoms with Crippen LogP contribution in [0.15, 0.2) is 47.4 Å². The summed E-state index contributed by atoms with van der Waals surface area (Å²) < 4.78 is 32.9. The lowest BCUT2D eigenvalue weighted by atomic mass is 10.1. The predicted molar refractivity (Wildman–Crippen MR) is 92.6 cm³/mol. The molecule has 2 aromatic carbocycles. The normalized spacial score (nSPS) is 13.0. The highest BCUT2D eigenvalue weighted by molar-refractivity contribution is 7.89. The lowest BCUT2D eigenvalue weighted by molar-refractivity contribution is 0.107. The molecule has 2 aromatic rings. The molecular weight excluding hydrogens is 357 g/mol. The first kappa shape index (κ1) is 18.2. The minimum absolute atomic E-state index is 0.0640. The Morgan fingerprint density at radius 3 is 2.52 bits per heavy atom. The predicted octanol–water partition coefficient (Wildman–Crippen LogP) is 3.97. The second kappa shape index (κ2) is 7.64. The molecule has 1 N–H and O–H groups in total. The average molecular weight is 374 g/mol. The van der Waals surface area contributed by atoms with Gasteiger partial charge in [0, 0.05) is 29.3 Å². The zero-order chi connectivity index (χ0) is 17.0. The summed E-state index contributed by atoms with van der Waals surface area (Å²) >= 11 is 12.0. The number of hydrogen-bond acceptors (Lipinski definition) is 3. The second-order valence-electron chi connectivity index (χ2n) is 5.01. The fraction of sp³-hybridized carbons (Fsp3) is 0.250. The Bertz CT molecular complexity index is 794. The van der Waals surface area contributed by atoms with Crippen LogP contribution in [0.5, 0.6) is 0 Å². The maximum atomic E-state index is 12.5. The summed E-state index contributed by atoms with van der Waals surface area (Å²) in [5.41, 5.74) is 1.34. The van der Waals surface area contributed by atoms with Crippen LogP contribution >= 0.6 is 23.2 Å². The zero-order valence-electron chi connectivity index (χ0n) is 12.7. The first-order valence-electron chi connectivity index (χ1n) is 6.88. The van der Waals surface area contributed by atoms with Gasteiger partial charge >= 0.3 is 0 Å². The van der Waals surface area contributed by atoms with Gasteiger partial charge in [-0.15, -0.1) is 0 Å². The minimum atomic E-state index is -3.70. The van der Waals surface area contributed by atoms with Gasteiger partial charge in [0.15, 0.2) is 0 Å². The summed E-state index contributed by atoms with van der Waals surface area (Å²) in [5.74, 6) is 0. The molecular formula is C16H17Cl2NO3S. The Morgan fingerprint density at radius 1 is 1.17 bits per heavy atom. The molecule has 0 saturated heterocycles. The minimum Gasteiger partial charge on any atom is -0.375 e. The van der Waals surface area contributed by atoms with E-state index >= 15 is 0 Å².